The van der Waals surface area contributed by atoms with Gasteiger partial charge in [0.2, 0.25) is 0 Å². The first kappa shape index (κ1) is 10.2. The van der Waals surface area contributed by atoms with E-state index < -0.39 is 11.8 Å². The lowest BCUT2D eigenvalue weighted by Crippen LogP contribution is -2.41. The average Bonchev–Trinajstić information content (AvgIpc) is 2.00. The maximum atomic E-state index is 10.7. The Morgan fingerprint density at radius 3 is 2.50 bits per heavy atom. The van der Waals surface area contributed by atoms with Crippen LogP contribution in [0.3, 0.4) is 0 Å². The van der Waals surface area contributed by atoms with Gasteiger partial charge in [0.1, 0.15) is 6.42 Å². The van der Waals surface area contributed by atoms with Gasteiger partial charge < -0.3 is 0 Å². The van der Waals surface area contributed by atoms with Crippen LogP contribution in [0.2, 0.25) is 0 Å². The summed E-state index contributed by atoms with van der Waals surface area (Å²) in [7, 11) is 0. The summed E-state index contributed by atoms with van der Waals surface area (Å²) < 4.78 is 0. The van der Waals surface area contributed by atoms with Crippen molar-refractivity contribution in [1.29, 1.82) is 5.26 Å². The van der Waals surface area contributed by atoms with E-state index in [4.69, 9.17) is 5.26 Å². The summed E-state index contributed by atoms with van der Waals surface area (Å²) in [5.41, 5.74) is 4.40. The van der Waals surface area contributed by atoms with Gasteiger partial charge in [0.25, 0.3) is 11.8 Å². The molecule has 0 aliphatic rings. The van der Waals surface area contributed by atoms with Gasteiger partial charge in [0, 0.05) is 5.57 Å². The minimum absolute atomic E-state index is 0.281. The summed E-state index contributed by atoms with van der Waals surface area (Å²) in [6, 6.07) is 1.63. The number of hydrazine groups is 1. The van der Waals surface area contributed by atoms with Gasteiger partial charge in [0.05, 0.1) is 6.07 Å². The van der Waals surface area contributed by atoms with E-state index in [9.17, 15) is 9.59 Å². The van der Waals surface area contributed by atoms with Crippen LogP contribution in [0.25, 0.3) is 0 Å². The van der Waals surface area contributed by atoms with Gasteiger partial charge in [-0.2, -0.15) is 5.26 Å². The number of nitrogens with one attached hydrogen (secondary N) is 2. The molecule has 0 radical (unpaired) electrons. The molecule has 0 aromatic heterocycles. The van der Waals surface area contributed by atoms with E-state index >= 15 is 0 Å². The van der Waals surface area contributed by atoms with E-state index in [0.29, 0.717) is 0 Å². The Morgan fingerprint density at radius 1 is 1.50 bits per heavy atom. The van der Waals surface area contributed by atoms with Gasteiger partial charge in [-0.15, -0.1) is 0 Å². The van der Waals surface area contributed by atoms with Gasteiger partial charge >= 0.3 is 0 Å². The quantitative estimate of drug-likeness (QED) is 0.434. The minimum atomic E-state index is -0.549. The molecule has 0 aromatic carbocycles. The van der Waals surface area contributed by atoms with Gasteiger partial charge in [0.15, 0.2) is 0 Å². The second-order valence-corrected chi connectivity index (χ2v) is 2.12. The molecule has 0 aliphatic heterocycles. The molecule has 0 rings (SSSR count). The lowest BCUT2D eigenvalue weighted by atomic mass is 10.3. The molecule has 0 atom stereocenters. The number of amides is 2. The predicted octanol–water partition coefficient (Wildman–Crippen LogP) is -0.376. The maximum Gasteiger partial charge on any atom is 0.264 e. The fourth-order valence-electron chi connectivity index (χ4n) is 0.349. The topological polar surface area (TPSA) is 82.0 Å². The van der Waals surface area contributed by atoms with Crippen molar-refractivity contribution in [2.75, 3.05) is 0 Å². The summed E-state index contributed by atoms with van der Waals surface area (Å²) in [6.07, 6.45) is -0.281. The zero-order chi connectivity index (χ0) is 9.56. The number of nitrogens with zero attached hydrogens (tertiary/aromatic N) is 1. The van der Waals surface area contributed by atoms with E-state index in [0.717, 1.165) is 0 Å². The van der Waals surface area contributed by atoms with Crippen molar-refractivity contribution in [2.24, 2.45) is 0 Å². The average molecular weight is 167 g/mol. The van der Waals surface area contributed by atoms with Crippen LogP contribution in [0, 0.1) is 11.3 Å². The van der Waals surface area contributed by atoms with Gasteiger partial charge in [-0.3, -0.25) is 20.4 Å². The van der Waals surface area contributed by atoms with Crippen LogP contribution >= 0.6 is 0 Å². The molecule has 0 bridgehead atoms. The Balaban J connectivity index is 3.71. The first-order chi connectivity index (χ1) is 5.57. The van der Waals surface area contributed by atoms with Crippen LogP contribution in [0.15, 0.2) is 12.2 Å². The number of hydrogen-bond acceptors (Lipinski definition) is 3. The standard InChI is InChI=1S/C7H9N3O2/c1-5(2)7(12)10-9-6(11)3-4-8/h1,3H2,2H3,(H,9,11)(H,10,12). The molecule has 0 spiro atoms. The van der Waals surface area contributed by atoms with Crippen LogP contribution < -0.4 is 10.9 Å². The third kappa shape index (κ3) is 4.06. The molecule has 2 amide bonds. The molecule has 64 valence electrons. The van der Waals surface area contributed by atoms with E-state index in [1.54, 1.807) is 6.07 Å². The van der Waals surface area contributed by atoms with Crippen molar-refractivity contribution >= 4 is 11.8 Å². The molecule has 2 N–H and O–H groups in total. The van der Waals surface area contributed by atoms with Crippen molar-refractivity contribution in [2.45, 2.75) is 13.3 Å². The van der Waals surface area contributed by atoms with Crippen LogP contribution in [-0.4, -0.2) is 11.8 Å². The second-order valence-electron chi connectivity index (χ2n) is 2.12. The molecule has 5 nitrogen and oxygen atoms in total. The van der Waals surface area contributed by atoms with Crippen LogP contribution in [0.5, 0.6) is 0 Å². The molecule has 5 heteroatoms. The molecule has 0 fully saturated rings. The van der Waals surface area contributed by atoms with E-state index in [-0.39, 0.29) is 12.0 Å². The van der Waals surface area contributed by atoms with Crippen molar-refractivity contribution in [1.82, 2.24) is 10.9 Å². The molecule has 0 aliphatic carbocycles. The van der Waals surface area contributed by atoms with Crippen molar-refractivity contribution < 1.29 is 9.59 Å². The van der Waals surface area contributed by atoms with Crippen molar-refractivity contribution in [3.8, 4) is 6.07 Å². The third-order valence-corrected chi connectivity index (χ3v) is 0.943. The van der Waals surface area contributed by atoms with Crippen LogP contribution in [0.1, 0.15) is 13.3 Å². The summed E-state index contributed by atoms with van der Waals surface area (Å²) in [5.74, 6) is -1.02. The van der Waals surface area contributed by atoms with Crippen LogP contribution in [0.4, 0.5) is 0 Å². The number of carbonyl (C=O) groups is 2. The van der Waals surface area contributed by atoms with E-state index in [1.807, 2.05) is 5.43 Å². The van der Waals surface area contributed by atoms with Crippen molar-refractivity contribution in [3.63, 3.8) is 0 Å². The number of rotatable bonds is 2. The number of carbonyl (C=O) groups excluding carboxylic acids is 2. The summed E-state index contributed by atoms with van der Waals surface area (Å²) in [4.78, 5) is 21.3. The highest BCUT2D eigenvalue weighted by atomic mass is 16.2. The number of nitriles is 1. The van der Waals surface area contributed by atoms with Crippen molar-refractivity contribution in [3.05, 3.63) is 12.2 Å². The number of hydrogen-bond donors (Lipinski definition) is 2. The lowest BCUT2D eigenvalue weighted by molar-refractivity contribution is -0.126. The first-order valence-electron chi connectivity index (χ1n) is 3.19. The highest BCUT2D eigenvalue weighted by molar-refractivity contribution is 5.93. The fraction of sp³-hybridized carbons (Fsp3) is 0.286. The first-order valence-corrected chi connectivity index (χ1v) is 3.19. The smallest absolute Gasteiger partial charge is 0.264 e. The van der Waals surface area contributed by atoms with Crippen LogP contribution in [-0.2, 0) is 9.59 Å². The summed E-state index contributed by atoms with van der Waals surface area (Å²) in [5, 5.41) is 8.07. The Bertz CT molecular complexity index is 252. The Kier molecular flexibility index (Phi) is 4.16. The summed E-state index contributed by atoms with van der Waals surface area (Å²) >= 11 is 0. The maximum absolute atomic E-state index is 10.7. The Labute approximate surface area is 70.0 Å². The third-order valence-electron chi connectivity index (χ3n) is 0.943. The Hall–Kier alpha value is -1.83. The SMILES string of the molecule is C=C(C)C(=O)NNC(=O)CC#N. The normalized spacial score (nSPS) is 8.00. The molecule has 0 aromatic rings. The molecular formula is C7H9N3O2. The molecule has 0 unspecified atom stereocenters. The Morgan fingerprint density at radius 2 is 2.08 bits per heavy atom. The molecule has 12 heavy (non-hydrogen) atoms. The summed E-state index contributed by atoms with van der Waals surface area (Å²) in [6.45, 7) is 4.86. The highest BCUT2D eigenvalue weighted by Gasteiger charge is 2.02. The fourth-order valence-corrected chi connectivity index (χ4v) is 0.349. The zero-order valence-electron chi connectivity index (χ0n) is 6.68. The molecular weight excluding hydrogens is 158 g/mol. The van der Waals surface area contributed by atoms with E-state index in [1.165, 1.54) is 6.92 Å². The van der Waals surface area contributed by atoms with Gasteiger partial charge in [-0.25, -0.2) is 0 Å². The predicted molar refractivity (Wildman–Crippen MR) is 41.3 cm³/mol. The van der Waals surface area contributed by atoms with Gasteiger partial charge in [-0.05, 0) is 6.92 Å². The molecule has 0 saturated carbocycles. The second kappa shape index (κ2) is 4.91. The largest absolute Gasteiger partial charge is 0.272 e. The molecule has 0 heterocycles. The van der Waals surface area contributed by atoms with E-state index in [2.05, 4.69) is 12.0 Å². The zero-order valence-corrected chi connectivity index (χ0v) is 6.68. The monoisotopic (exact) mass is 167 g/mol. The van der Waals surface area contributed by atoms with Gasteiger partial charge in [-0.1, -0.05) is 6.58 Å². The molecule has 0 saturated heterocycles. The minimum Gasteiger partial charge on any atom is -0.272 e. The highest BCUT2D eigenvalue weighted by Crippen LogP contribution is 1.83. The lowest BCUT2D eigenvalue weighted by Gasteiger charge is -2.03.